The number of hydrogen-bond donors (Lipinski definition) is 1. The Balaban J connectivity index is 1.97. The number of fused-ring (bicyclic) bond motifs is 1. The molecule has 0 saturated heterocycles. The van der Waals surface area contributed by atoms with E-state index in [4.69, 9.17) is 0 Å². The van der Waals surface area contributed by atoms with Crippen LogP contribution in [0.2, 0.25) is 0 Å². The Bertz CT molecular complexity index is 766. The van der Waals surface area contributed by atoms with Gasteiger partial charge in [-0.2, -0.15) is 4.57 Å². The van der Waals surface area contributed by atoms with Gasteiger partial charge in [0.2, 0.25) is 17.8 Å². The van der Waals surface area contributed by atoms with Crippen LogP contribution in [0.3, 0.4) is 0 Å². The van der Waals surface area contributed by atoms with Gasteiger partial charge in [-0.05, 0) is 18.2 Å². The molecule has 0 aliphatic rings. The number of phenols is 1. The monoisotopic (exact) mass is 264 g/mol. The molecule has 2 aromatic carbocycles. The fourth-order valence-electron chi connectivity index (χ4n) is 2.28. The zero-order valence-electron chi connectivity index (χ0n) is 10.9. The first kappa shape index (κ1) is 12.4. The van der Waals surface area contributed by atoms with Crippen molar-refractivity contribution in [1.29, 1.82) is 0 Å². The van der Waals surface area contributed by atoms with Gasteiger partial charge in [0.15, 0.2) is 6.20 Å². The normalized spacial score (nSPS) is 10.6. The van der Waals surface area contributed by atoms with E-state index in [0.717, 1.165) is 10.9 Å². The van der Waals surface area contributed by atoms with Crippen molar-refractivity contribution in [2.75, 3.05) is 0 Å². The second kappa shape index (κ2) is 5.13. The van der Waals surface area contributed by atoms with Gasteiger partial charge in [-0.1, -0.05) is 30.3 Å². The van der Waals surface area contributed by atoms with Crippen molar-refractivity contribution >= 4 is 16.7 Å². The van der Waals surface area contributed by atoms with Crippen molar-refractivity contribution in [3.63, 3.8) is 0 Å². The molecular formula is C17H14NO2+. The minimum absolute atomic E-state index is 0.0659. The van der Waals surface area contributed by atoms with Crippen LogP contribution in [-0.4, -0.2) is 10.9 Å². The fraction of sp³-hybridized carbons (Fsp3) is 0.0588. The van der Waals surface area contributed by atoms with Crippen LogP contribution in [0.15, 0.2) is 66.9 Å². The lowest BCUT2D eigenvalue weighted by Gasteiger charge is -2.02. The lowest BCUT2D eigenvalue weighted by atomic mass is 10.1. The summed E-state index contributed by atoms with van der Waals surface area (Å²) in [6.07, 6.45) is 1.88. The maximum atomic E-state index is 12.3. The molecule has 0 unspecified atom stereocenters. The number of Topliss-reactive ketones (excluding diaryl/α,β-unsaturated/α-hetero) is 1. The van der Waals surface area contributed by atoms with Crippen molar-refractivity contribution in [2.24, 2.45) is 0 Å². The van der Waals surface area contributed by atoms with Crippen LogP contribution in [0.4, 0.5) is 0 Å². The second-order valence-corrected chi connectivity index (χ2v) is 4.67. The molecule has 0 saturated carbocycles. The van der Waals surface area contributed by atoms with Crippen LogP contribution in [0, 0.1) is 0 Å². The number of rotatable bonds is 3. The topological polar surface area (TPSA) is 41.2 Å². The number of aromatic nitrogens is 1. The number of pyridine rings is 1. The van der Waals surface area contributed by atoms with Crippen LogP contribution < -0.4 is 4.57 Å². The molecule has 1 N–H and O–H groups in total. The summed E-state index contributed by atoms with van der Waals surface area (Å²) in [5.74, 6) is 0.292. The van der Waals surface area contributed by atoms with Crippen LogP contribution in [0.25, 0.3) is 10.9 Å². The third-order valence-corrected chi connectivity index (χ3v) is 3.27. The summed E-state index contributed by atoms with van der Waals surface area (Å²) < 4.78 is 1.89. The van der Waals surface area contributed by atoms with Crippen molar-refractivity contribution < 1.29 is 14.5 Å². The van der Waals surface area contributed by atoms with E-state index in [0.29, 0.717) is 5.56 Å². The Morgan fingerprint density at radius 2 is 1.80 bits per heavy atom. The molecule has 3 rings (SSSR count). The molecule has 1 heterocycles. The predicted octanol–water partition coefficient (Wildman–Crippen LogP) is 2.72. The first-order chi connectivity index (χ1) is 9.74. The SMILES string of the molecule is O=C(C[n+]1cccc2cc(O)ccc21)c1ccccc1. The zero-order valence-corrected chi connectivity index (χ0v) is 10.9. The molecule has 0 atom stereocenters. The number of benzene rings is 2. The molecule has 0 aliphatic carbocycles. The van der Waals surface area contributed by atoms with Gasteiger partial charge in [0.1, 0.15) is 5.75 Å². The van der Waals surface area contributed by atoms with Crippen molar-refractivity contribution in [1.82, 2.24) is 0 Å². The minimum atomic E-state index is 0.0659. The largest absolute Gasteiger partial charge is 0.508 e. The molecular weight excluding hydrogens is 250 g/mol. The third kappa shape index (κ3) is 2.38. The van der Waals surface area contributed by atoms with E-state index in [1.807, 2.05) is 59.3 Å². The molecule has 3 heteroatoms. The van der Waals surface area contributed by atoms with Crippen LogP contribution in [-0.2, 0) is 6.54 Å². The standard InChI is InChI=1S/C17H13NO2/c19-15-8-9-16-14(11-15)7-4-10-18(16)12-17(20)13-5-2-1-3-6-13/h1-11H,12H2/p+1. The van der Waals surface area contributed by atoms with E-state index < -0.39 is 0 Å². The zero-order chi connectivity index (χ0) is 13.9. The molecule has 0 bridgehead atoms. The molecule has 0 radical (unpaired) electrons. The summed E-state index contributed by atoms with van der Waals surface area (Å²) in [5.41, 5.74) is 1.63. The highest BCUT2D eigenvalue weighted by molar-refractivity contribution is 5.95. The average molecular weight is 264 g/mol. The van der Waals surface area contributed by atoms with Crippen molar-refractivity contribution in [2.45, 2.75) is 6.54 Å². The Labute approximate surface area is 116 Å². The van der Waals surface area contributed by atoms with Gasteiger partial charge >= 0.3 is 0 Å². The molecule has 0 fully saturated rings. The Kier molecular flexibility index (Phi) is 3.17. The highest BCUT2D eigenvalue weighted by Gasteiger charge is 2.15. The Hall–Kier alpha value is -2.68. The lowest BCUT2D eigenvalue weighted by molar-refractivity contribution is -0.657. The molecule has 3 nitrogen and oxygen atoms in total. The quantitative estimate of drug-likeness (QED) is 0.583. The van der Waals surface area contributed by atoms with Crippen LogP contribution in [0.5, 0.6) is 5.75 Å². The van der Waals surface area contributed by atoms with Gasteiger partial charge in [0.05, 0.1) is 5.39 Å². The number of ketones is 1. The Morgan fingerprint density at radius 1 is 1.00 bits per heavy atom. The number of hydrogen-bond acceptors (Lipinski definition) is 2. The van der Waals surface area contributed by atoms with E-state index in [2.05, 4.69) is 0 Å². The number of carbonyl (C=O) groups excluding carboxylic acids is 1. The maximum absolute atomic E-state index is 12.3. The van der Waals surface area contributed by atoms with Gasteiger partial charge in [-0.25, -0.2) is 0 Å². The average Bonchev–Trinajstić information content (AvgIpc) is 2.48. The summed E-state index contributed by atoms with van der Waals surface area (Å²) in [6, 6.07) is 18.2. The van der Waals surface area contributed by atoms with Gasteiger partial charge in [0, 0.05) is 17.7 Å². The predicted molar refractivity (Wildman–Crippen MR) is 76.6 cm³/mol. The molecule has 0 spiro atoms. The smallest absolute Gasteiger partial charge is 0.227 e. The van der Waals surface area contributed by atoms with E-state index >= 15 is 0 Å². The van der Waals surface area contributed by atoms with Crippen molar-refractivity contribution in [3.8, 4) is 5.75 Å². The molecule has 1 aromatic heterocycles. The molecule has 20 heavy (non-hydrogen) atoms. The molecule has 0 aliphatic heterocycles. The first-order valence-corrected chi connectivity index (χ1v) is 6.43. The lowest BCUT2D eigenvalue weighted by Crippen LogP contribution is -2.38. The van der Waals surface area contributed by atoms with Crippen LogP contribution >= 0.6 is 0 Å². The van der Waals surface area contributed by atoms with Crippen LogP contribution in [0.1, 0.15) is 10.4 Å². The van der Waals surface area contributed by atoms with Crippen molar-refractivity contribution in [3.05, 3.63) is 72.4 Å². The highest BCUT2D eigenvalue weighted by Crippen LogP contribution is 2.16. The highest BCUT2D eigenvalue weighted by atomic mass is 16.3. The number of carbonyl (C=O) groups is 1. The second-order valence-electron chi connectivity index (χ2n) is 4.67. The van der Waals surface area contributed by atoms with Gasteiger partial charge in [-0.15, -0.1) is 0 Å². The fourth-order valence-corrected chi connectivity index (χ4v) is 2.28. The summed E-state index contributed by atoms with van der Waals surface area (Å²) in [7, 11) is 0. The first-order valence-electron chi connectivity index (χ1n) is 6.43. The number of aromatic hydroxyl groups is 1. The maximum Gasteiger partial charge on any atom is 0.227 e. The third-order valence-electron chi connectivity index (χ3n) is 3.27. The molecule has 98 valence electrons. The number of phenolic OH excluding ortho intramolecular Hbond substituents is 1. The Morgan fingerprint density at radius 3 is 2.60 bits per heavy atom. The number of nitrogens with zero attached hydrogens (tertiary/aromatic N) is 1. The summed E-state index contributed by atoms with van der Waals surface area (Å²) in [5, 5.41) is 10.4. The molecule has 3 aromatic rings. The summed E-state index contributed by atoms with van der Waals surface area (Å²) in [4.78, 5) is 12.3. The van der Waals surface area contributed by atoms with E-state index in [1.54, 1.807) is 12.1 Å². The molecule has 0 amide bonds. The summed E-state index contributed by atoms with van der Waals surface area (Å²) in [6.45, 7) is 0.284. The van der Waals surface area contributed by atoms with E-state index in [-0.39, 0.29) is 18.1 Å². The van der Waals surface area contributed by atoms with E-state index in [1.165, 1.54) is 0 Å². The summed E-state index contributed by atoms with van der Waals surface area (Å²) >= 11 is 0. The van der Waals surface area contributed by atoms with Gasteiger partial charge < -0.3 is 5.11 Å². The minimum Gasteiger partial charge on any atom is -0.508 e. The van der Waals surface area contributed by atoms with Gasteiger partial charge in [0.25, 0.3) is 0 Å². The van der Waals surface area contributed by atoms with Gasteiger partial charge in [-0.3, -0.25) is 4.79 Å². The van der Waals surface area contributed by atoms with E-state index in [9.17, 15) is 9.90 Å².